The molecule has 0 spiro atoms. The number of rotatable bonds is 20. The number of carbonyl (C=O) groups excluding carboxylic acids is 1. The lowest BCUT2D eigenvalue weighted by atomic mass is 9.92. The number of phenols is 1. The van der Waals surface area contributed by atoms with Crippen molar-refractivity contribution in [2.24, 2.45) is 0 Å². The monoisotopic (exact) mass is 828 g/mol. The molecule has 5 aromatic rings. The zero-order valence-corrected chi connectivity index (χ0v) is 33.2. The van der Waals surface area contributed by atoms with Gasteiger partial charge in [0.25, 0.3) is 0 Å². The number of hydrogen-bond donors (Lipinski definition) is 6. The summed E-state index contributed by atoms with van der Waals surface area (Å²) in [5, 5.41) is 54.2. The minimum absolute atomic E-state index is 0.0172. The average Bonchev–Trinajstić information content (AvgIpc) is 3.22. The van der Waals surface area contributed by atoms with E-state index in [1.54, 1.807) is 30.5 Å². The lowest BCUT2D eigenvalue weighted by Gasteiger charge is -2.19. The van der Waals surface area contributed by atoms with Gasteiger partial charge < -0.3 is 44.7 Å². The first-order valence-corrected chi connectivity index (χ1v) is 18.8. The van der Waals surface area contributed by atoms with Gasteiger partial charge in [0.1, 0.15) is 61.2 Å². The van der Waals surface area contributed by atoms with Crippen LogP contribution in [0.1, 0.15) is 44.5 Å². The molecule has 58 heavy (non-hydrogen) atoms. The Morgan fingerprint density at radius 3 is 1.95 bits per heavy atom. The molecule has 302 valence electrons. The first-order chi connectivity index (χ1) is 28.0. The molecule has 2 atom stereocenters. The van der Waals surface area contributed by atoms with Gasteiger partial charge in [-0.3, -0.25) is 15.1 Å². The Balaban J connectivity index is 1.33. The number of hydrogen-bond acceptors (Lipinski definition) is 12. The zero-order valence-electron chi connectivity index (χ0n) is 31.7. The van der Waals surface area contributed by atoms with Gasteiger partial charge in [-0.15, -0.1) is 0 Å². The molecule has 0 aliphatic carbocycles. The summed E-state index contributed by atoms with van der Waals surface area (Å²) in [6, 6.07) is 19.8. The predicted molar refractivity (Wildman–Crippen MR) is 217 cm³/mol. The molecule has 0 aliphatic rings. The predicted octanol–water partition coefficient (Wildman–Crippen LogP) is 6.17. The Kier molecular flexibility index (Phi) is 15.4. The summed E-state index contributed by atoms with van der Waals surface area (Å²) < 4.78 is 18.4. The smallest absolute Gasteiger partial charge is 0.323 e. The quantitative estimate of drug-likeness (QED) is 0.0487. The third-order valence-corrected chi connectivity index (χ3v) is 10.0. The number of nitriles is 1. The molecule has 0 fully saturated rings. The molecule has 0 saturated heterocycles. The number of carboxylic acid groups (broad SMARTS) is 1. The molecular formula is C43H42Cl2N4O9. The fourth-order valence-electron chi connectivity index (χ4n) is 6.02. The van der Waals surface area contributed by atoms with Crippen LogP contribution in [-0.2, 0) is 42.5 Å². The first-order valence-electron chi connectivity index (χ1n) is 18.1. The molecule has 0 amide bonds. The molecule has 1 aromatic heterocycles. The highest BCUT2D eigenvalue weighted by Gasteiger charge is 2.19. The summed E-state index contributed by atoms with van der Waals surface area (Å²) in [6.45, 7) is 3.53. The minimum atomic E-state index is -1.21. The largest absolute Gasteiger partial charge is 0.507 e. The van der Waals surface area contributed by atoms with Crippen LogP contribution in [0, 0.1) is 25.2 Å². The van der Waals surface area contributed by atoms with Gasteiger partial charge >= 0.3 is 5.97 Å². The van der Waals surface area contributed by atoms with Gasteiger partial charge in [-0.1, -0.05) is 59.6 Å². The van der Waals surface area contributed by atoms with Gasteiger partial charge in [0, 0.05) is 54.3 Å². The third-order valence-electron chi connectivity index (χ3n) is 9.45. The minimum Gasteiger partial charge on any atom is -0.507 e. The topological polar surface area (TPSA) is 203 Å². The van der Waals surface area contributed by atoms with Crippen molar-refractivity contribution in [3.8, 4) is 40.2 Å². The molecule has 0 bridgehead atoms. The van der Waals surface area contributed by atoms with Crippen LogP contribution in [0.5, 0.6) is 23.0 Å². The van der Waals surface area contributed by atoms with Crippen molar-refractivity contribution >= 4 is 35.5 Å². The number of pyridine rings is 1. The summed E-state index contributed by atoms with van der Waals surface area (Å²) in [5.74, 6) is -0.317. The number of phenolic OH excluding ortho intramolecular Hbond substituents is 1. The highest BCUT2D eigenvalue weighted by molar-refractivity contribution is 6.32. The van der Waals surface area contributed by atoms with Gasteiger partial charge in [-0.25, -0.2) is 0 Å². The van der Waals surface area contributed by atoms with Crippen LogP contribution < -0.4 is 24.8 Å². The summed E-state index contributed by atoms with van der Waals surface area (Å²) in [5.41, 5.74) is 7.68. The van der Waals surface area contributed by atoms with Crippen molar-refractivity contribution in [1.29, 1.82) is 5.26 Å². The number of benzene rings is 4. The number of halogens is 2. The van der Waals surface area contributed by atoms with Crippen molar-refractivity contribution in [3.63, 3.8) is 0 Å². The van der Waals surface area contributed by atoms with Gasteiger partial charge in [0.2, 0.25) is 0 Å². The van der Waals surface area contributed by atoms with E-state index in [1.165, 1.54) is 12.3 Å². The van der Waals surface area contributed by atoms with E-state index in [4.69, 9.17) is 37.4 Å². The summed E-state index contributed by atoms with van der Waals surface area (Å²) in [4.78, 5) is 26.6. The van der Waals surface area contributed by atoms with Gasteiger partial charge in [0.15, 0.2) is 0 Å². The Labute approximate surface area is 345 Å². The fraction of sp³-hybridized carbons (Fsp3) is 0.256. The molecule has 4 aromatic carbocycles. The summed E-state index contributed by atoms with van der Waals surface area (Å²) in [7, 11) is 0. The SMILES string of the molecule is Cc1c(COc2cc(O)c(CNC(C=O)CO)cc2Cl)cccc1-c1cccc(COc2cc(OCc3cncc(C#N)c3)c(CNC(CO)C(=O)O)cc2Cl)c1C. The second kappa shape index (κ2) is 20.6. The first kappa shape index (κ1) is 43.4. The molecule has 6 N–H and O–H groups in total. The maximum absolute atomic E-state index is 11.5. The van der Waals surface area contributed by atoms with Crippen molar-refractivity contribution < 1.29 is 44.2 Å². The second-order valence-corrected chi connectivity index (χ2v) is 14.1. The Morgan fingerprint density at radius 2 is 1.38 bits per heavy atom. The number of aliphatic hydroxyl groups is 2. The van der Waals surface area contributed by atoms with Crippen molar-refractivity contribution in [2.45, 2.75) is 58.8 Å². The Bertz CT molecular complexity index is 2300. The maximum Gasteiger partial charge on any atom is 0.323 e. The number of aliphatic hydroxyl groups excluding tert-OH is 2. The summed E-state index contributed by atoms with van der Waals surface area (Å²) >= 11 is 13.2. The van der Waals surface area contributed by atoms with Crippen LogP contribution in [0.4, 0.5) is 0 Å². The Hall–Kier alpha value is -5.72. The molecule has 0 aliphatic heterocycles. The van der Waals surface area contributed by atoms with Gasteiger partial charge in [0.05, 0.1) is 34.9 Å². The van der Waals surface area contributed by atoms with Crippen LogP contribution in [0.2, 0.25) is 10.0 Å². The molecule has 1 heterocycles. The second-order valence-electron chi connectivity index (χ2n) is 13.3. The molecule has 0 saturated carbocycles. The standard InChI is InChI=1S/C43H42Cl2N4O9/c1-25-29(23-57-41-12-39(53)31(10-36(41)44)17-48-33(19-50)20-51)5-3-7-34(25)35-8-4-6-30(26(35)2)24-58-42-13-40(56-22-28-9-27(14-46)15-47-16-28)32(11-37(42)45)18-49-38(21-52)43(54)55/h3-13,15-16,19,33,38,48-49,51-53H,17-18,20-24H2,1-2H3,(H,54,55). The number of nitrogens with zero attached hydrogens (tertiary/aromatic N) is 2. The van der Waals surface area contributed by atoms with Crippen LogP contribution in [-0.4, -0.2) is 63.0 Å². The lowest BCUT2D eigenvalue weighted by molar-refractivity contribution is -0.140. The number of aromatic nitrogens is 1. The van der Waals surface area contributed by atoms with Crippen molar-refractivity contribution in [3.05, 3.63) is 134 Å². The van der Waals surface area contributed by atoms with Crippen molar-refractivity contribution in [1.82, 2.24) is 15.6 Å². The van der Waals surface area contributed by atoms with Crippen LogP contribution in [0.15, 0.2) is 79.1 Å². The number of carbonyl (C=O) groups is 2. The maximum atomic E-state index is 11.5. The highest BCUT2D eigenvalue weighted by Crippen LogP contribution is 2.37. The molecule has 0 radical (unpaired) electrons. The number of aldehydes is 1. The van der Waals surface area contributed by atoms with E-state index >= 15 is 0 Å². The van der Waals surface area contributed by atoms with Gasteiger partial charge in [-0.05, 0) is 65.4 Å². The van der Waals surface area contributed by atoms with Crippen molar-refractivity contribution in [2.75, 3.05) is 13.2 Å². The van der Waals surface area contributed by atoms with E-state index in [2.05, 4.69) is 15.6 Å². The normalized spacial score (nSPS) is 12.0. The number of aliphatic carboxylic acids is 1. The van der Waals surface area contributed by atoms with E-state index in [1.807, 2.05) is 56.3 Å². The van der Waals surface area contributed by atoms with Crippen LogP contribution >= 0.6 is 23.2 Å². The molecule has 15 heteroatoms. The van der Waals surface area contributed by atoms with Crippen LogP contribution in [0.3, 0.4) is 0 Å². The van der Waals surface area contributed by atoms with E-state index in [-0.39, 0.29) is 61.1 Å². The molecular weight excluding hydrogens is 787 g/mol. The highest BCUT2D eigenvalue weighted by atomic mass is 35.5. The number of aromatic hydroxyl groups is 1. The van der Waals surface area contributed by atoms with E-state index in [0.717, 1.165) is 33.4 Å². The number of carboxylic acids is 1. The van der Waals surface area contributed by atoms with Crippen LogP contribution in [0.25, 0.3) is 11.1 Å². The average molecular weight is 830 g/mol. The molecule has 2 unspecified atom stereocenters. The number of ether oxygens (including phenoxy) is 3. The molecule has 5 rings (SSSR count). The van der Waals surface area contributed by atoms with E-state index in [0.29, 0.717) is 40.0 Å². The third kappa shape index (κ3) is 11.0. The number of nitrogens with one attached hydrogen (secondary N) is 2. The van der Waals surface area contributed by atoms with E-state index < -0.39 is 24.7 Å². The lowest BCUT2D eigenvalue weighted by Crippen LogP contribution is -2.39. The summed E-state index contributed by atoms with van der Waals surface area (Å²) in [6.07, 6.45) is 3.61. The van der Waals surface area contributed by atoms with Gasteiger partial charge in [-0.2, -0.15) is 5.26 Å². The molecule has 13 nitrogen and oxygen atoms in total. The van der Waals surface area contributed by atoms with E-state index in [9.17, 15) is 35.3 Å². The fourth-order valence-corrected chi connectivity index (χ4v) is 6.50. The zero-order chi connectivity index (χ0) is 41.8. The Morgan fingerprint density at radius 1 is 0.793 bits per heavy atom.